The summed E-state index contributed by atoms with van der Waals surface area (Å²) in [6.45, 7) is 3.24. The van der Waals surface area contributed by atoms with Crippen molar-refractivity contribution in [3.63, 3.8) is 0 Å². The van der Waals surface area contributed by atoms with E-state index in [1.54, 1.807) is 24.3 Å². The molecular weight excluding hydrogens is 428 g/mol. The van der Waals surface area contributed by atoms with Gasteiger partial charge in [0.1, 0.15) is 0 Å². The Bertz CT molecular complexity index is 1100. The molecule has 0 bridgehead atoms. The first-order valence-electron chi connectivity index (χ1n) is 9.72. The number of rotatable bonds is 4. The Hall–Kier alpha value is -2.45. The Balaban J connectivity index is 1.49. The van der Waals surface area contributed by atoms with Gasteiger partial charge in [-0.3, -0.25) is 9.10 Å². The van der Waals surface area contributed by atoms with Crippen LogP contribution in [0.2, 0.25) is 5.02 Å². The fraction of sp³-hybridized carbons (Fsp3) is 0.381. The summed E-state index contributed by atoms with van der Waals surface area (Å²) < 4.78 is 36.8. The van der Waals surface area contributed by atoms with Gasteiger partial charge in [-0.05, 0) is 54.8 Å². The number of nitrogens with zero attached hydrogens (tertiary/aromatic N) is 1. The van der Waals surface area contributed by atoms with Crippen LogP contribution in [0.3, 0.4) is 0 Å². The van der Waals surface area contributed by atoms with Crippen LogP contribution in [0.25, 0.3) is 0 Å². The quantitative estimate of drug-likeness (QED) is 0.773. The molecule has 0 unspecified atom stereocenters. The first-order chi connectivity index (χ1) is 14.2. The molecule has 0 saturated heterocycles. The highest BCUT2D eigenvalue weighted by atomic mass is 35.5. The molecule has 1 N–H and O–H groups in total. The lowest BCUT2D eigenvalue weighted by Crippen LogP contribution is -2.34. The average molecular weight is 451 g/mol. The van der Waals surface area contributed by atoms with Gasteiger partial charge in [0.25, 0.3) is 5.91 Å². The van der Waals surface area contributed by atoms with Gasteiger partial charge in [0.15, 0.2) is 11.5 Å². The molecule has 0 fully saturated rings. The molecule has 2 aromatic rings. The lowest BCUT2D eigenvalue weighted by molar-refractivity contribution is 0.0950. The van der Waals surface area contributed by atoms with E-state index in [-0.39, 0.29) is 18.5 Å². The zero-order chi connectivity index (χ0) is 21.5. The van der Waals surface area contributed by atoms with Gasteiger partial charge in [-0.15, -0.1) is 0 Å². The van der Waals surface area contributed by atoms with Gasteiger partial charge in [0.05, 0.1) is 30.2 Å². The van der Waals surface area contributed by atoms with Crippen LogP contribution in [0, 0.1) is 0 Å². The summed E-state index contributed by atoms with van der Waals surface area (Å²) >= 11 is 6.31. The standard InChI is InChI=1S/C21H23ClN2O5S/c1-13-8-16-11-15(4-5-18(16)24(13)30(2,26)27)21(25)23-12-14-9-17(22)20-19(10-14)28-6-3-7-29-20/h4-5,9-11,13H,3,6-8,12H2,1-2H3,(H,23,25)/t13-/m1/s1. The lowest BCUT2D eigenvalue weighted by Gasteiger charge is -2.21. The molecule has 4 rings (SSSR count). The van der Waals surface area contributed by atoms with Crippen molar-refractivity contribution in [3.05, 3.63) is 52.0 Å². The molecule has 2 aliphatic rings. The van der Waals surface area contributed by atoms with E-state index in [0.29, 0.717) is 47.4 Å². The number of carbonyl (C=O) groups excluding carboxylic acids is 1. The maximum atomic E-state index is 12.7. The fourth-order valence-corrected chi connectivity index (χ4v) is 5.47. The van der Waals surface area contributed by atoms with E-state index in [2.05, 4.69) is 5.32 Å². The van der Waals surface area contributed by atoms with Gasteiger partial charge in [-0.25, -0.2) is 8.42 Å². The normalized spacial score (nSPS) is 18.0. The van der Waals surface area contributed by atoms with Crippen LogP contribution in [0.1, 0.15) is 34.8 Å². The van der Waals surface area contributed by atoms with Crippen molar-refractivity contribution in [3.8, 4) is 11.5 Å². The van der Waals surface area contributed by atoms with Gasteiger partial charge in [0.2, 0.25) is 10.0 Å². The van der Waals surface area contributed by atoms with E-state index >= 15 is 0 Å². The summed E-state index contributed by atoms with van der Waals surface area (Å²) in [4.78, 5) is 12.7. The molecule has 9 heteroatoms. The second kappa shape index (κ2) is 8.00. The Morgan fingerprint density at radius 2 is 2.00 bits per heavy atom. The minimum absolute atomic E-state index is 0.169. The van der Waals surface area contributed by atoms with Crippen molar-refractivity contribution in [2.24, 2.45) is 0 Å². The minimum atomic E-state index is -3.36. The second-order valence-corrected chi connectivity index (χ2v) is 9.86. The summed E-state index contributed by atoms with van der Waals surface area (Å²) in [5, 5.41) is 3.33. The number of hydrogen-bond donors (Lipinski definition) is 1. The molecule has 0 aromatic heterocycles. The topological polar surface area (TPSA) is 84.9 Å². The van der Waals surface area contributed by atoms with Crippen LogP contribution in [-0.4, -0.2) is 39.8 Å². The van der Waals surface area contributed by atoms with Crippen molar-refractivity contribution >= 4 is 33.2 Å². The van der Waals surface area contributed by atoms with E-state index in [1.807, 2.05) is 13.0 Å². The molecule has 160 valence electrons. The SMILES string of the molecule is C[C@@H]1Cc2cc(C(=O)NCc3cc(Cl)c4c(c3)OCCCO4)ccc2N1S(C)(=O)=O. The largest absolute Gasteiger partial charge is 0.489 e. The van der Waals surface area contributed by atoms with Gasteiger partial charge in [-0.1, -0.05) is 11.6 Å². The zero-order valence-electron chi connectivity index (χ0n) is 16.8. The van der Waals surface area contributed by atoms with E-state index < -0.39 is 10.0 Å². The Morgan fingerprint density at radius 1 is 1.23 bits per heavy atom. The molecule has 30 heavy (non-hydrogen) atoms. The van der Waals surface area contributed by atoms with Crippen LogP contribution < -0.4 is 19.1 Å². The molecule has 2 aliphatic heterocycles. The predicted molar refractivity (Wildman–Crippen MR) is 115 cm³/mol. The van der Waals surface area contributed by atoms with Crippen molar-refractivity contribution in [2.75, 3.05) is 23.8 Å². The Labute approximate surface area is 181 Å². The number of sulfonamides is 1. The number of fused-ring (bicyclic) bond motifs is 2. The fourth-order valence-electron chi connectivity index (χ4n) is 3.92. The average Bonchev–Trinajstić information content (AvgIpc) is 2.84. The molecule has 1 amide bonds. The van der Waals surface area contributed by atoms with Crippen molar-refractivity contribution in [2.45, 2.75) is 32.4 Å². The van der Waals surface area contributed by atoms with Crippen LogP contribution in [0.4, 0.5) is 5.69 Å². The number of nitrogens with one attached hydrogen (secondary N) is 1. The first kappa shape index (κ1) is 20.8. The molecule has 2 heterocycles. The second-order valence-electron chi connectivity index (χ2n) is 7.59. The van der Waals surface area contributed by atoms with Crippen LogP contribution in [0.15, 0.2) is 30.3 Å². The molecule has 1 atom stereocenters. The maximum Gasteiger partial charge on any atom is 0.251 e. The van der Waals surface area contributed by atoms with Crippen molar-refractivity contribution in [1.82, 2.24) is 5.32 Å². The Morgan fingerprint density at radius 3 is 2.77 bits per heavy atom. The third-order valence-electron chi connectivity index (χ3n) is 5.17. The summed E-state index contributed by atoms with van der Waals surface area (Å²) in [6, 6.07) is 8.50. The van der Waals surface area contributed by atoms with E-state index in [1.165, 1.54) is 10.6 Å². The molecule has 0 spiro atoms. The number of carbonyl (C=O) groups is 1. The molecule has 2 aromatic carbocycles. The van der Waals surface area contributed by atoms with Crippen LogP contribution >= 0.6 is 11.6 Å². The van der Waals surface area contributed by atoms with E-state index in [4.69, 9.17) is 21.1 Å². The third-order valence-corrected chi connectivity index (χ3v) is 6.72. The van der Waals surface area contributed by atoms with Gasteiger partial charge < -0.3 is 14.8 Å². The summed E-state index contributed by atoms with van der Waals surface area (Å²) in [5.41, 5.74) is 2.77. The van der Waals surface area contributed by atoms with Gasteiger partial charge in [-0.2, -0.15) is 0 Å². The molecule has 0 aliphatic carbocycles. The van der Waals surface area contributed by atoms with Gasteiger partial charge >= 0.3 is 0 Å². The number of hydrogen-bond acceptors (Lipinski definition) is 5. The van der Waals surface area contributed by atoms with Crippen molar-refractivity contribution < 1.29 is 22.7 Å². The number of anilines is 1. The monoisotopic (exact) mass is 450 g/mol. The highest BCUT2D eigenvalue weighted by Crippen LogP contribution is 2.38. The molecular formula is C21H23ClN2O5S. The maximum absolute atomic E-state index is 12.7. The minimum Gasteiger partial charge on any atom is -0.489 e. The highest BCUT2D eigenvalue weighted by molar-refractivity contribution is 7.92. The number of halogens is 1. The lowest BCUT2D eigenvalue weighted by atomic mass is 10.1. The summed E-state index contributed by atoms with van der Waals surface area (Å²) in [5.74, 6) is 0.871. The number of benzene rings is 2. The first-order valence-corrected chi connectivity index (χ1v) is 11.9. The van der Waals surface area contributed by atoms with Crippen molar-refractivity contribution in [1.29, 1.82) is 0 Å². The smallest absolute Gasteiger partial charge is 0.251 e. The predicted octanol–water partition coefficient (Wildman–Crippen LogP) is 3.14. The van der Waals surface area contributed by atoms with E-state index in [9.17, 15) is 13.2 Å². The summed E-state index contributed by atoms with van der Waals surface area (Å²) in [7, 11) is -3.36. The summed E-state index contributed by atoms with van der Waals surface area (Å²) in [6.07, 6.45) is 2.55. The highest BCUT2D eigenvalue weighted by Gasteiger charge is 2.32. The van der Waals surface area contributed by atoms with Crippen LogP contribution in [-0.2, 0) is 23.0 Å². The molecule has 7 nitrogen and oxygen atoms in total. The molecule has 0 saturated carbocycles. The zero-order valence-corrected chi connectivity index (χ0v) is 18.3. The molecule has 0 radical (unpaired) electrons. The van der Waals surface area contributed by atoms with E-state index in [0.717, 1.165) is 17.5 Å². The Kier molecular flexibility index (Phi) is 5.55. The van der Waals surface area contributed by atoms with Crippen LogP contribution in [0.5, 0.6) is 11.5 Å². The number of amides is 1. The number of ether oxygens (including phenoxy) is 2. The van der Waals surface area contributed by atoms with Gasteiger partial charge in [0, 0.05) is 24.6 Å². The third kappa shape index (κ3) is 4.06.